The van der Waals surface area contributed by atoms with E-state index in [9.17, 15) is 18.0 Å². The number of rotatable bonds is 16. The summed E-state index contributed by atoms with van der Waals surface area (Å²) < 4.78 is 50.3. The molecule has 0 saturated carbocycles. The number of carbonyl (C=O) groups is 2. The predicted octanol–water partition coefficient (Wildman–Crippen LogP) is 4.09. The molecule has 0 radical (unpaired) electrons. The molecular formula is C35H41N5O8S. The minimum absolute atomic E-state index is 0.0216. The van der Waals surface area contributed by atoms with Crippen LogP contribution < -0.4 is 14.8 Å². The molecule has 1 saturated heterocycles. The maximum Gasteiger partial charge on any atom is 0.310 e. The van der Waals surface area contributed by atoms with Gasteiger partial charge in [-0.1, -0.05) is 30.8 Å². The van der Waals surface area contributed by atoms with Crippen LogP contribution in [0.25, 0.3) is 16.8 Å². The zero-order valence-corrected chi connectivity index (χ0v) is 28.7. The van der Waals surface area contributed by atoms with Crippen LogP contribution >= 0.6 is 0 Å². The fourth-order valence-electron chi connectivity index (χ4n) is 5.42. The summed E-state index contributed by atoms with van der Waals surface area (Å²) in [4.78, 5) is 25.0. The van der Waals surface area contributed by atoms with Crippen LogP contribution in [-0.4, -0.2) is 80.8 Å². The molecule has 0 spiro atoms. The molecule has 49 heavy (non-hydrogen) atoms. The van der Waals surface area contributed by atoms with Crippen molar-refractivity contribution in [2.24, 2.45) is 0 Å². The Morgan fingerprint density at radius 2 is 1.69 bits per heavy atom. The standard InChI is InChI=1S/C35H41N5O8S/c1-23-5-7-27(20-32(23)39-49(4,43)44)29-19-28(34-38-37-25(3)40(34)22-29)21-33(41)48-18-16-46-14-13-45-15-17-47-30-10-8-26(9-11-30)31-12-6-24(2)36-35(31)42/h5,7-11,19-20,22,31,39H,2,6,12-18,21H2,1,3-4H3,(H,36,42). The number of aryl methyl sites for hydroxylation is 2. The van der Waals surface area contributed by atoms with Crippen LogP contribution in [0, 0.1) is 13.8 Å². The molecule has 1 amide bonds. The van der Waals surface area contributed by atoms with Crippen molar-refractivity contribution in [1.82, 2.24) is 19.9 Å². The number of esters is 1. The number of anilines is 1. The lowest BCUT2D eigenvalue weighted by Crippen LogP contribution is -2.33. The monoisotopic (exact) mass is 691 g/mol. The van der Waals surface area contributed by atoms with E-state index in [1.165, 1.54) is 0 Å². The maximum atomic E-state index is 12.7. The van der Waals surface area contributed by atoms with Gasteiger partial charge in [0.2, 0.25) is 15.9 Å². The molecule has 14 heteroatoms. The second kappa shape index (κ2) is 16.1. The average Bonchev–Trinajstić information content (AvgIpc) is 3.43. The van der Waals surface area contributed by atoms with Gasteiger partial charge >= 0.3 is 5.97 Å². The zero-order valence-electron chi connectivity index (χ0n) is 27.9. The topological polar surface area (TPSA) is 159 Å². The van der Waals surface area contributed by atoms with Crippen molar-refractivity contribution >= 4 is 33.2 Å². The molecular weight excluding hydrogens is 650 g/mol. The number of nitrogens with zero attached hydrogens (tertiary/aromatic N) is 3. The molecule has 1 aliphatic rings. The van der Waals surface area contributed by atoms with E-state index in [-0.39, 0.29) is 31.5 Å². The third-order valence-corrected chi connectivity index (χ3v) is 8.54. The number of piperidine rings is 1. The fraction of sp³-hybridized carbons (Fsp3) is 0.371. The Bertz CT molecular complexity index is 1920. The first-order valence-electron chi connectivity index (χ1n) is 15.9. The summed E-state index contributed by atoms with van der Waals surface area (Å²) in [6.07, 6.45) is 4.45. The Kier molecular flexibility index (Phi) is 11.6. The molecule has 1 fully saturated rings. The molecule has 2 N–H and O–H groups in total. The molecule has 260 valence electrons. The molecule has 1 unspecified atom stereocenters. The third-order valence-electron chi connectivity index (χ3n) is 7.95. The Balaban J connectivity index is 1.01. The van der Waals surface area contributed by atoms with Crippen LogP contribution in [-0.2, 0) is 40.2 Å². The van der Waals surface area contributed by atoms with Crippen LogP contribution in [0.4, 0.5) is 5.69 Å². The molecule has 4 aromatic rings. The van der Waals surface area contributed by atoms with Gasteiger partial charge < -0.3 is 24.3 Å². The Labute approximate surface area is 285 Å². The Morgan fingerprint density at radius 3 is 2.41 bits per heavy atom. The largest absolute Gasteiger partial charge is 0.491 e. The fourth-order valence-corrected chi connectivity index (χ4v) is 6.04. The highest BCUT2D eigenvalue weighted by molar-refractivity contribution is 7.92. The minimum Gasteiger partial charge on any atom is -0.491 e. The number of allylic oxidation sites excluding steroid dienone is 1. The maximum absolute atomic E-state index is 12.7. The van der Waals surface area contributed by atoms with Crippen molar-refractivity contribution in [3.63, 3.8) is 0 Å². The Morgan fingerprint density at radius 1 is 0.980 bits per heavy atom. The first-order chi connectivity index (χ1) is 23.5. The van der Waals surface area contributed by atoms with Gasteiger partial charge in [0.1, 0.15) is 24.8 Å². The van der Waals surface area contributed by atoms with Crippen LogP contribution in [0.3, 0.4) is 0 Å². The first kappa shape index (κ1) is 35.5. The number of aromatic nitrogens is 3. The highest BCUT2D eigenvalue weighted by Gasteiger charge is 2.25. The third kappa shape index (κ3) is 9.87. The number of pyridine rings is 1. The number of hydrogen-bond acceptors (Lipinski definition) is 10. The van der Waals surface area contributed by atoms with E-state index in [1.807, 2.05) is 62.5 Å². The molecule has 1 aliphatic heterocycles. The van der Waals surface area contributed by atoms with Crippen LogP contribution in [0.15, 0.2) is 67.0 Å². The molecule has 0 aliphatic carbocycles. The van der Waals surface area contributed by atoms with Gasteiger partial charge in [-0.2, -0.15) is 0 Å². The molecule has 2 aromatic carbocycles. The van der Waals surface area contributed by atoms with Gasteiger partial charge in [-0.15, -0.1) is 10.2 Å². The molecule has 0 bridgehead atoms. The molecule has 13 nitrogen and oxygen atoms in total. The lowest BCUT2D eigenvalue weighted by atomic mass is 9.90. The van der Waals surface area contributed by atoms with E-state index in [2.05, 4.69) is 26.8 Å². The number of amides is 1. The Hall–Kier alpha value is -4.79. The summed E-state index contributed by atoms with van der Waals surface area (Å²) in [6.45, 7) is 9.17. The van der Waals surface area contributed by atoms with Crippen molar-refractivity contribution in [2.75, 3.05) is 50.6 Å². The molecule has 2 aromatic heterocycles. The lowest BCUT2D eigenvalue weighted by Gasteiger charge is -2.23. The summed E-state index contributed by atoms with van der Waals surface area (Å²) in [7, 11) is -3.46. The second-order valence-electron chi connectivity index (χ2n) is 11.8. The van der Waals surface area contributed by atoms with Crippen LogP contribution in [0.1, 0.15) is 41.3 Å². The van der Waals surface area contributed by atoms with E-state index < -0.39 is 16.0 Å². The summed E-state index contributed by atoms with van der Waals surface area (Å²) >= 11 is 0. The van der Waals surface area contributed by atoms with E-state index in [0.29, 0.717) is 54.9 Å². The first-order valence-corrected chi connectivity index (χ1v) is 17.8. The number of fused-ring (bicyclic) bond motifs is 1. The van der Waals surface area contributed by atoms with Gasteiger partial charge in [-0.25, -0.2) is 8.42 Å². The van der Waals surface area contributed by atoms with E-state index in [4.69, 9.17) is 18.9 Å². The van der Waals surface area contributed by atoms with Crippen molar-refractivity contribution in [3.8, 4) is 16.9 Å². The van der Waals surface area contributed by atoms with E-state index >= 15 is 0 Å². The number of benzene rings is 2. The van der Waals surface area contributed by atoms with Crippen LogP contribution in [0.2, 0.25) is 0 Å². The summed E-state index contributed by atoms with van der Waals surface area (Å²) in [5.41, 5.74) is 5.65. The van der Waals surface area contributed by atoms with Crippen molar-refractivity contribution in [3.05, 3.63) is 89.5 Å². The summed E-state index contributed by atoms with van der Waals surface area (Å²) in [5.74, 6) is 0.701. The zero-order chi connectivity index (χ0) is 35.0. The van der Waals surface area contributed by atoms with Gasteiger partial charge in [0.25, 0.3) is 0 Å². The van der Waals surface area contributed by atoms with Gasteiger partial charge in [0, 0.05) is 17.5 Å². The number of hydrogen-bond donors (Lipinski definition) is 2. The number of sulfonamides is 1. The summed E-state index contributed by atoms with van der Waals surface area (Å²) in [6, 6.07) is 14.8. The molecule has 3 heterocycles. The highest BCUT2D eigenvalue weighted by atomic mass is 32.2. The SMILES string of the molecule is C=C1CCC(c2ccc(OCCOCCOCCOC(=O)Cc3cc(-c4ccc(C)c(NS(C)(=O)=O)c4)cn4c(C)nnc34)cc2)C(=O)N1. The lowest BCUT2D eigenvalue weighted by molar-refractivity contribution is -0.144. The van der Waals surface area contributed by atoms with E-state index in [0.717, 1.165) is 47.0 Å². The quantitative estimate of drug-likeness (QED) is 0.129. The second-order valence-corrected chi connectivity index (χ2v) is 13.6. The van der Waals surface area contributed by atoms with Gasteiger partial charge in [0.05, 0.1) is 50.7 Å². The van der Waals surface area contributed by atoms with E-state index in [1.54, 1.807) is 10.5 Å². The smallest absolute Gasteiger partial charge is 0.310 e. The number of nitrogens with one attached hydrogen (secondary N) is 2. The van der Waals surface area contributed by atoms with Gasteiger partial charge in [-0.3, -0.25) is 18.7 Å². The highest BCUT2D eigenvalue weighted by Crippen LogP contribution is 2.30. The number of ether oxygens (including phenoxy) is 4. The van der Waals surface area contributed by atoms with Crippen LogP contribution in [0.5, 0.6) is 5.75 Å². The number of carbonyl (C=O) groups excluding carboxylic acids is 2. The van der Waals surface area contributed by atoms with Crippen molar-refractivity contribution in [1.29, 1.82) is 0 Å². The molecule has 1 atom stereocenters. The van der Waals surface area contributed by atoms with Gasteiger partial charge in [0.15, 0.2) is 5.65 Å². The van der Waals surface area contributed by atoms with Gasteiger partial charge in [-0.05, 0) is 73.2 Å². The van der Waals surface area contributed by atoms with Crippen molar-refractivity contribution in [2.45, 2.75) is 39.0 Å². The molecule has 5 rings (SSSR count). The summed E-state index contributed by atoms with van der Waals surface area (Å²) in [5, 5.41) is 11.2. The predicted molar refractivity (Wildman–Crippen MR) is 184 cm³/mol. The average molecular weight is 692 g/mol. The minimum atomic E-state index is -3.46. The normalized spacial score (nSPS) is 14.9. The van der Waals surface area contributed by atoms with Crippen molar-refractivity contribution < 1.29 is 37.0 Å².